The van der Waals surface area contributed by atoms with Crippen molar-refractivity contribution in [2.45, 2.75) is 393 Å². The lowest BCUT2D eigenvalue weighted by Crippen LogP contribution is -2.30. The van der Waals surface area contributed by atoms with Crippen molar-refractivity contribution in [3.05, 3.63) is 0 Å². The first-order valence-electron chi connectivity index (χ1n) is 37.6. The van der Waals surface area contributed by atoms with Gasteiger partial charge in [0.15, 0.2) is 12.2 Å². The van der Waals surface area contributed by atoms with Gasteiger partial charge in [-0.25, -0.2) is 9.13 Å². The van der Waals surface area contributed by atoms with Crippen LogP contribution in [0.15, 0.2) is 0 Å². The molecule has 0 heterocycles. The minimum absolute atomic E-state index is 0.107. The lowest BCUT2D eigenvalue weighted by atomic mass is 10.0. The largest absolute Gasteiger partial charge is 0.472 e. The van der Waals surface area contributed by atoms with Crippen LogP contribution in [0.25, 0.3) is 0 Å². The van der Waals surface area contributed by atoms with E-state index in [-0.39, 0.29) is 25.7 Å². The Morgan fingerprint density at radius 2 is 0.505 bits per heavy atom. The molecule has 0 aromatic heterocycles. The van der Waals surface area contributed by atoms with Crippen molar-refractivity contribution in [1.82, 2.24) is 0 Å². The quantitative estimate of drug-likeness (QED) is 0.0222. The van der Waals surface area contributed by atoms with Gasteiger partial charge >= 0.3 is 39.5 Å². The van der Waals surface area contributed by atoms with Gasteiger partial charge in [0, 0.05) is 25.7 Å². The number of ether oxygens (including phenoxy) is 4. The van der Waals surface area contributed by atoms with Gasteiger partial charge in [0.05, 0.1) is 26.4 Å². The average Bonchev–Trinajstić information content (AvgIpc) is 3.69. The van der Waals surface area contributed by atoms with Crippen LogP contribution in [-0.2, 0) is 65.4 Å². The molecule has 0 saturated heterocycles. The molecular formula is C72H140O17P2. The molecular weight excluding hydrogens is 1200 g/mol. The molecule has 0 radical (unpaired) electrons. The van der Waals surface area contributed by atoms with Crippen molar-refractivity contribution in [2.75, 3.05) is 39.6 Å². The van der Waals surface area contributed by atoms with E-state index >= 15 is 0 Å². The number of aliphatic hydroxyl groups excluding tert-OH is 1. The van der Waals surface area contributed by atoms with Crippen LogP contribution in [0, 0.1) is 5.92 Å². The molecule has 3 N–H and O–H groups in total. The van der Waals surface area contributed by atoms with Crippen molar-refractivity contribution in [2.24, 2.45) is 5.92 Å². The van der Waals surface area contributed by atoms with Crippen LogP contribution in [-0.4, -0.2) is 96.7 Å². The Morgan fingerprint density at radius 1 is 0.297 bits per heavy atom. The summed E-state index contributed by atoms with van der Waals surface area (Å²) >= 11 is 0. The molecule has 0 aliphatic carbocycles. The number of carbonyl (C=O) groups excluding carboxylic acids is 4. The summed E-state index contributed by atoms with van der Waals surface area (Å²) < 4.78 is 68.3. The second kappa shape index (κ2) is 65.4. The van der Waals surface area contributed by atoms with Crippen LogP contribution in [0.4, 0.5) is 0 Å². The maximum absolute atomic E-state index is 13.0. The maximum Gasteiger partial charge on any atom is 0.472 e. The molecule has 0 aromatic rings. The van der Waals surface area contributed by atoms with E-state index in [9.17, 15) is 43.2 Å². The normalized spacial score (nSPS) is 14.0. The molecule has 19 heteroatoms. The van der Waals surface area contributed by atoms with E-state index in [1.807, 2.05) is 0 Å². The number of esters is 4. The first kappa shape index (κ1) is 89.1. The van der Waals surface area contributed by atoms with Gasteiger partial charge in [0.1, 0.15) is 19.3 Å². The summed E-state index contributed by atoms with van der Waals surface area (Å²) in [5.74, 6) is -1.36. The van der Waals surface area contributed by atoms with Gasteiger partial charge in [-0.3, -0.25) is 37.3 Å². The van der Waals surface area contributed by atoms with Crippen molar-refractivity contribution >= 4 is 39.5 Å². The molecule has 5 atom stereocenters. The Bertz CT molecular complexity index is 1750. The van der Waals surface area contributed by atoms with Crippen LogP contribution >= 0.6 is 15.6 Å². The van der Waals surface area contributed by atoms with E-state index in [4.69, 9.17) is 37.0 Å². The fraction of sp³-hybridized carbons (Fsp3) is 0.944. The van der Waals surface area contributed by atoms with E-state index in [0.717, 1.165) is 109 Å². The molecule has 540 valence electrons. The minimum atomic E-state index is -4.95. The summed E-state index contributed by atoms with van der Waals surface area (Å²) in [6.07, 6.45) is 52.8. The Balaban J connectivity index is 5.18. The molecule has 0 amide bonds. The Morgan fingerprint density at radius 3 is 0.747 bits per heavy atom. The van der Waals surface area contributed by atoms with Crippen molar-refractivity contribution in [3.8, 4) is 0 Å². The molecule has 0 rings (SSSR count). The molecule has 17 nitrogen and oxygen atoms in total. The third kappa shape index (κ3) is 66.5. The van der Waals surface area contributed by atoms with Crippen LogP contribution < -0.4 is 0 Å². The SMILES string of the molecule is CCCCCCCCCCCCCCCCCCCCCC(=O)O[C@H](COC(=O)CCCCCCCCCCCCC(C)C)COP(=O)(O)OC[C@@H](O)COP(=O)(O)OC[C@@H](COC(=O)CCCCCCCCC)OC(=O)CCCCCCCCCCCCCC. The summed E-state index contributed by atoms with van der Waals surface area (Å²) in [4.78, 5) is 72.5. The molecule has 0 aromatic carbocycles. The third-order valence-corrected chi connectivity index (χ3v) is 18.7. The zero-order valence-electron chi connectivity index (χ0n) is 59.0. The summed E-state index contributed by atoms with van der Waals surface area (Å²) in [7, 11) is -9.90. The van der Waals surface area contributed by atoms with Crippen LogP contribution in [0.2, 0.25) is 0 Å². The van der Waals surface area contributed by atoms with Gasteiger partial charge in [0.25, 0.3) is 0 Å². The molecule has 0 saturated carbocycles. The molecule has 2 unspecified atom stereocenters. The van der Waals surface area contributed by atoms with Gasteiger partial charge in [-0.2, -0.15) is 0 Å². The highest BCUT2D eigenvalue weighted by molar-refractivity contribution is 7.47. The lowest BCUT2D eigenvalue weighted by molar-refractivity contribution is -0.161. The first-order valence-corrected chi connectivity index (χ1v) is 40.6. The second-order valence-electron chi connectivity index (χ2n) is 26.5. The van der Waals surface area contributed by atoms with E-state index < -0.39 is 97.5 Å². The highest BCUT2D eigenvalue weighted by Crippen LogP contribution is 2.45. The number of carbonyl (C=O) groups is 4. The van der Waals surface area contributed by atoms with Crippen molar-refractivity contribution in [1.29, 1.82) is 0 Å². The number of rotatable bonds is 72. The molecule has 91 heavy (non-hydrogen) atoms. The van der Waals surface area contributed by atoms with Crippen molar-refractivity contribution in [3.63, 3.8) is 0 Å². The van der Waals surface area contributed by atoms with E-state index in [2.05, 4.69) is 34.6 Å². The zero-order chi connectivity index (χ0) is 67.0. The number of unbranched alkanes of at least 4 members (excludes halogenated alkanes) is 44. The first-order chi connectivity index (χ1) is 44.0. The number of aliphatic hydroxyl groups is 1. The van der Waals surface area contributed by atoms with E-state index in [1.54, 1.807) is 0 Å². The van der Waals surface area contributed by atoms with Crippen LogP contribution in [0.3, 0.4) is 0 Å². The second-order valence-corrected chi connectivity index (χ2v) is 29.4. The monoisotopic (exact) mass is 1340 g/mol. The summed E-state index contributed by atoms with van der Waals surface area (Å²) in [5, 5.41) is 10.6. The molecule has 0 aliphatic rings. The molecule has 0 aliphatic heterocycles. The number of phosphoric acid groups is 2. The van der Waals surface area contributed by atoms with Crippen LogP contribution in [0.5, 0.6) is 0 Å². The highest BCUT2D eigenvalue weighted by Gasteiger charge is 2.30. The smallest absolute Gasteiger partial charge is 0.462 e. The summed E-state index contributed by atoms with van der Waals surface area (Å²) in [5.41, 5.74) is 0. The number of hydrogen-bond donors (Lipinski definition) is 3. The minimum Gasteiger partial charge on any atom is -0.462 e. The fourth-order valence-corrected chi connectivity index (χ4v) is 12.6. The topological polar surface area (TPSA) is 237 Å². The average molecular weight is 1340 g/mol. The summed E-state index contributed by atoms with van der Waals surface area (Å²) in [6.45, 7) is 7.22. The maximum atomic E-state index is 13.0. The van der Waals surface area contributed by atoms with Gasteiger partial charge in [-0.1, -0.05) is 324 Å². The third-order valence-electron chi connectivity index (χ3n) is 16.8. The molecule has 0 fully saturated rings. The summed E-state index contributed by atoms with van der Waals surface area (Å²) in [6, 6.07) is 0. The zero-order valence-corrected chi connectivity index (χ0v) is 60.8. The van der Waals surface area contributed by atoms with Gasteiger partial charge in [-0.15, -0.1) is 0 Å². The number of phosphoric ester groups is 2. The fourth-order valence-electron chi connectivity index (χ4n) is 11.0. The molecule has 0 bridgehead atoms. The van der Waals surface area contributed by atoms with Gasteiger partial charge in [-0.05, 0) is 31.6 Å². The number of hydrogen-bond acceptors (Lipinski definition) is 15. The predicted molar refractivity (Wildman–Crippen MR) is 368 cm³/mol. The van der Waals surface area contributed by atoms with E-state index in [0.29, 0.717) is 25.7 Å². The van der Waals surface area contributed by atoms with Crippen LogP contribution in [0.1, 0.15) is 375 Å². The highest BCUT2D eigenvalue weighted by atomic mass is 31.2. The van der Waals surface area contributed by atoms with E-state index in [1.165, 1.54) is 186 Å². The standard InChI is InChI=1S/C72H140O17P2/c1-6-9-12-15-18-20-22-24-25-26-27-28-29-30-32-38-43-48-53-58-72(77)89-68(62-83-70(75)56-51-46-41-36-34-33-35-40-44-49-54-65(4)5)64-87-91(80,81)85-60-66(73)59-84-90(78,79)86-63-67(61-82-69(74)55-50-45-39-17-14-11-8-3)88-71(76)57-52-47-42-37-31-23-21-19-16-13-10-7-2/h65-68,73H,6-64H2,1-5H3,(H,78,79)(H,80,81)/t66-,67+,68+/m0/s1. The Kier molecular flexibility index (Phi) is 64.0. The van der Waals surface area contributed by atoms with Gasteiger partial charge in [0.2, 0.25) is 0 Å². The molecule has 0 spiro atoms. The Labute approximate surface area is 556 Å². The Hall–Kier alpha value is -1.94. The predicted octanol–water partition coefficient (Wildman–Crippen LogP) is 20.9. The lowest BCUT2D eigenvalue weighted by Gasteiger charge is -2.21. The van der Waals surface area contributed by atoms with Crippen molar-refractivity contribution < 1.29 is 80.2 Å². The van der Waals surface area contributed by atoms with Gasteiger partial charge < -0.3 is 33.8 Å².